The molecule has 3 nitrogen and oxygen atoms in total. The van der Waals surface area contributed by atoms with Gasteiger partial charge >= 0.3 is 0 Å². The molecule has 1 spiro atoms. The average molecular weight is 413 g/mol. The highest BCUT2D eigenvalue weighted by atomic mass is 16.6. The summed E-state index contributed by atoms with van der Waals surface area (Å²) in [6.07, 6.45) is 15.0. The Kier molecular flexibility index (Phi) is 4.91. The van der Waals surface area contributed by atoms with Crippen LogP contribution in [0.2, 0.25) is 0 Å². The summed E-state index contributed by atoms with van der Waals surface area (Å²) >= 11 is 0. The Morgan fingerprint density at radius 2 is 1.93 bits per heavy atom. The number of allylic oxidation sites excluding steroid dienone is 4. The van der Waals surface area contributed by atoms with E-state index >= 15 is 0 Å². The summed E-state index contributed by atoms with van der Waals surface area (Å²) in [4.78, 5) is 12.0. The predicted octanol–water partition coefficient (Wildman–Crippen LogP) is 5.68. The van der Waals surface area contributed by atoms with E-state index in [0.29, 0.717) is 23.7 Å². The zero-order chi connectivity index (χ0) is 21.3. The van der Waals surface area contributed by atoms with Gasteiger partial charge < -0.3 is 9.84 Å². The monoisotopic (exact) mass is 412 g/mol. The summed E-state index contributed by atoms with van der Waals surface area (Å²) in [5.74, 6) is 2.71. The average Bonchev–Trinajstić information content (AvgIpc) is 3.11. The summed E-state index contributed by atoms with van der Waals surface area (Å²) < 4.78 is 6.41. The van der Waals surface area contributed by atoms with E-state index in [0.717, 1.165) is 31.8 Å². The van der Waals surface area contributed by atoms with Gasteiger partial charge in [0.2, 0.25) is 0 Å². The SMILES string of the molecule is CC(C)CC[C@]1(O)OC[C@@]23CC[C@@H]4[C@H](CCC5=CC(=O)C=C[C@]54C)[C@H]2CC[C@H]3[C@H]1C. The van der Waals surface area contributed by atoms with Crippen LogP contribution in [0.1, 0.15) is 79.1 Å². The molecule has 1 N–H and O–H groups in total. The number of ketones is 1. The van der Waals surface area contributed by atoms with Crippen molar-refractivity contribution < 1.29 is 14.6 Å². The Bertz CT molecular complexity index is 781. The van der Waals surface area contributed by atoms with Gasteiger partial charge in [-0.15, -0.1) is 0 Å². The van der Waals surface area contributed by atoms with E-state index in [9.17, 15) is 9.90 Å². The van der Waals surface area contributed by atoms with Gasteiger partial charge in [-0.25, -0.2) is 0 Å². The van der Waals surface area contributed by atoms with Crippen molar-refractivity contribution in [2.45, 2.75) is 84.8 Å². The number of ether oxygens (including phenoxy) is 1. The molecule has 30 heavy (non-hydrogen) atoms. The fraction of sp³-hybridized carbons (Fsp3) is 0.815. The van der Waals surface area contributed by atoms with Crippen LogP contribution in [-0.2, 0) is 9.53 Å². The first-order chi connectivity index (χ1) is 14.2. The molecule has 0 radical (unpaired) electrons. The van der Waals surface area contributed by atoms with Gasteiger partial charge in [-0.3, -0.25) is 4.79 Å². The second-order valence-corrected chi connectivity index (χ2v) is 11.9. The summed E-state index contributed by atoms with van der Waals surface area (Å²) in [7, 11) is 0. The van der Waals surface area contributed by atoms with E-state index in [1.165, 1.54) is 37.7 Å². The first-order valence-electron chi connectivity index (χ1n) is 12.5. The van der Waals surface area contributed by atoms with Crippen molar-refractivity contribution in [2.75, 3.05) is 6.61 Å². The summed E-state index contributed by atoms with van der Waals surface area (Å²) in [5.41, 5.74) is 1.70. The lowest BCUT2D eigenvalue weighted by Crippen LogP contribution is -2.59. The minimum absolute atomic E-state index is 0.0651. The number of hydrogen-bond acceptors (Lipinski definition) is 3. The maximum atomic E-state index is 12.0. The van der Waals surface area contributed by atoms with Crippen molar-refractivity contribution in [1.82, 2.24) is 0 Å². The molecule has 0 aromatic rings. The number of fused-ring (bicyclic) bond motifs is 4. The third kappa shape index (κ3) is 2.87. The van der Waals surface area contributed by atoms with E-state index in [4.69, 9.17) is 4.74 Å². The van der Waals surface area contributed by atoms with Crippen molar-refractivity contribution in [1.29, 1.82) is 0 Å². The molecule has 0 bridgehead atoms. The van der Waals surface area contributed by atoms with Crippen LogP contribution in [0, 0.1) is 46.3 Å². The number of carbonyl (C=O) groups excluding carboxylic acids is 1. The van der Waals surface area contributed by atoms with Crippen molar-refractivity contribution >= 4 is 5.78 Å². The molecule has 166 valence electrons. The van der Waals surface area contributed by atoms with Crippen LogP contribution < -0.4 is 0 Å². The van der Waals surface area contributed by atoms with Gasteiger partial charge in [0.25, 0.3) is 0 Å². The Labute approximate surface area is 182 Å². The summed E-state index contributed by atoms with van der Waals surface area (Å²) in [6.45, 7) is 9.85. The topological polar surface area (TPSA) is 46.5 Å². The second kappa shape index (κ2) is 7.04. The molecular weight excluding hydrogens is 372 g/mol. The first-order valence-corrected chi connectivity index (χ1v) is 12.5. The molecule has 0 aromatic heterocycles. The maximum Gasteiger partial charge on any atom is 0.178 e. The Morgan fingerprint density at radius 3 is 2.70 bits per heavy atom. The van der Waals surface area contributed by atoms with E-state index in [1.54, 1.807) is 0 Å². The minimum atomic E-state index is -0.938. The van der Waals surface area contributed by atoms with Gasteiger partial charge in [-0.05, 0) is 86.7 Å². The standard InChI is InChI=1S/C27H40O3/c1-17(2)9-14-27(29)18(3)22-7-8-24-21-6-5-19-15-20(28)10-12-25(19,4)23(21)11-13-26(22,24)16-30-27/h10,12,15,17-18,21-24,29H,5-9,11,13-14,16H2,1-4H3/t18-,21+,22+,23-,24-,25-,26-,27+/m1/s1. The molecule has 4 aliphatic carbocycles. The van der Waals surface area contributed by atoms with Gasteiger partial charge in [-0.1, -0.05) is 39.3 Å². The van der Waals surface area contributed by atoms with Crippen molar-refractivity contribution in [3.63, 3.8) is 0 Å². The Hall–Kier alpha value is -0.930. The van der Waals surface area contributed by atoms with Gasteiger partial charge in [0.1, 0.15) is 0 Å². The number of carbonyl (C=O) groups is 1. The van der Waals surface area contributed by atoms with Crippen LogP contribution in [-0.4, -0.2) is 23.3 Å². The number of hydrogen-bond donors (Lipinski definition) is 1. The van der Waals surface area contributed by atoms with Crippen LogP contribution >= 0.6 is 0 Å². The number of aliphatic hydroxyl groups is 1. The van der Waals surface area contributed by atoms with Gasteiger partial charge in [0, 0.05) is 23.2 Å². The van der Waals surface area contributed by atoms with E-state index < -0.39 is 5.79 Å². The molecule has 5 aliphatic rings. The Balaban J connectivity index is 1.40. The number of rotatable bonds is 3. The third-order valence-electron chi connectivity index (χ3n) is 10.3. The fourth-order valence-electron chi connectivity index (χ4n) is 8.58. The largest absolute Gasteiger partial charge is 0.365 e. The molecule has 4 fully saturated rings. The molecule has 3 saturated carbocycles. The smallest absolute Gasteiger partial charge is 0.178 e. The van der Waals surface area contributed by atoms with Crippen LogP contribution in [0.3, 0.4) is 0 Å². The molecule has 1 heterocycles. The molecule has 3 heteroatoms. The Morgan fingerprint density at radius 1 is 1.17 bits per heavy atom. The molecule has 0 amide bonds. The highest BCUT2D eigenvalue weighted by Gasteiger charge is 2.65. The molecule has 5 rings (SSSR count). The van der Waals surface area contributed by atoms with E-state index in [2.05, 4.69) is 33.8 Å². The molecular formula is C27H40O3. The van der Waals surface area contributed by atoms with Crippen LogP contribution in [0.4, 0.5) is 0 Å². The highest BCUT2D eigenvalue weighted by molar-refractivity contribution is 6.01. The predicted molar refractivity (Wildman–Crippen MR) is 119 cm³/mol. The quantitative estimate of drug-likeness (QED) is 0.648. The van der Waals surface area contributed by atoms with Crippen molar-refractivity contribution in [3.8, 4) is 0 Å². The van der Waals surface area contributed by atoms with E-state index in [-0.39, 0.29) is 22.5 Å². The lowest BCUT2D eigenvalue weighted by Gasteiger charge is -2.61. The van der Waals surface area contributed by atoms with Gasteiger partial charge in [0.05, 0.1) is 6.61 Å². The zero-order valence-electron chi connectivity index (χ0n) is 19.3. The van der Waals surface area contributed by atoms with Crippen LogP contribution in [0.5, 0.6) is 0 Å². The van der Waals surface area contributed by atoms with Crippen molar-refractivity contribution in [2.24, 2.45) is 46.3 Å². The molecule has 1 aliphatic heterocycles. The fourth-order valence-corrected chi connectivity index (χ4v) is 8.58. The first kappa shape index (κ1) is 20.9. The molecule has 1 saturated heterocycles. The van der Waals surface area contributed by atoms with E-state index in [1.807, 2.05) is 12.2 Å². The van der Waals surface area contributed by atoms with Gasteiger partial charge in [-0.2, -0.15) is 0 Å². The summed E-state index contributed by atoms with van der Waals surface area (Å²) in [5, 5.41) is 11.4. The molecule has 0 aromatic carbocycles. The highest BCUT2D eigenvalue weighted by Crippen LogP contribution is 2.69. The lowest BCUT2D eigenvalue weighted by atomic mass is 9.46. The normalized spacial score (nSPS) is 49.9. The zero-order valence-corrected chi connectivity index (χ0v) is 19.3. The molecule has 8 atom stereocenters. The maximum absolute atomic E-state index is 12.0. The second-order valence-electron chi connectivity index (χ2n) is 11.9. The molecule has 0 unspecified atom stereocenters. The third-order valence-corrected chi connectivity index (χ3v) is 10.3. The lowest BCUT2D eigenvalue weighted by molar-refractivity contribution is -0.312. The summed E-state index contributed by atoms with van der Waals surface area (Å²) in [6, 6.07) is 0. The van der Waals surface area contributed by atoms with Crippen molar-refractivity contribution in [3.05, 3.63) is 23.8 Å². The van der Waals surface area contributed by atoms with Gasteiger partial charge in [0.15, 0.2) is 11.6 Å². The van der Waals surface area contributed by atoms with Crippen LogP contribution in [0.15, 0.2) is 23.8 Å². The van der Waals surface area contributed by atoms with Crippen LogP contribution in [0.25, 0.3) is 0 Å². The minimum Gasteiger partial charge on any atom is -0.365 e.